The van der Waals surface area contributed by atoms with Gasteiger partial charge in [-0.15, -0.1) is 0 Å². The fourth-order valence-corrected chi connectivity index (χ4v) is 3.74. The topological polar surface area (TPSA) is 110 Å². The van der Waals surface area contributed by atoms with Gasteiger partial charge in [-0.2, -0.15) is 20.0 Å². The monoisotopic (exact) mass is 428 g/mol. The quantitative estimate of drug-likeness (QED) is 0.680. The van der Waals surface area contributed by atoms with Crippen LogP contribution in [0, 0.1) is 12.7 Å². The van der Waals surface area contributed by atoms with Crippen molar-refractivity contribution in [2.75, 3.05) is 6.54 Å². The second-order valence-corrected chi connectivity index (χ2v) is 8.47. The Hall–Kier alpha value is -3.14. The lowest BCUT2D eigenvalue weighted by Gasteiger charge is -2.37. The molecule has 0 bridgehead atoms. The van der Waals surface area contributed by atoms with Crippen molar-refractivity contribution in [3.8, 4) is 11.4 Å². The summed E-state index contributed by atoms with van der Waals surface area (Å²) in [6, 6.07) is 3.77. The molecule has 1 amide bonds. The lowest BCUT2D eigenvalue weighted by Crippen LogP contribution is -2.46. The summed E-state index contributed by atoms with van der Waals surface area (Å²) < 4.78 is 19.1. The first-order valence-electron chi connectivity index (χ1n) is 10.2. The van der Waals surface area contributed by atoms with Crippen LogP contribution >= 0.6 is 0 Å². The summed E-state index contributed by atoms with van der Waals surface area (Å²) >= 11 is 0. The number of piperidine rings is 1. The number of carbonyl (C=O) groups is 1. The molecule has 1 saturated heterocycles. The number of aryl methyl sites for hydroxylation is 1. The van der Waals surface area contributed by atoms with E-state index in [0.29, 0.717) is 23.7 Å². The van der Waals surface area contributed by atoms with Crippen molar-refractivity contribution in [2.24, 2.45) is 0 Å². The number of aliphatic hydroxyl groups is 1. The van der Waals surface area contributed by atoms with Gasteiger partial charge in [0.1, 0.15) is 17.1 Å². The number of rotatable bonds is 4. The lowest BCUT2D eigenvalue weighted by molar-refractivity contribution is 0.0533. The van der Waals surface area contributed by atoms with Crippen LogP contribution in [0.5, 0.6) is 0 Å². The van der Waals surface area contributed by atoms with Crippen molar-refractivity contribution < 1.29 is 18.8 Å². The molecule has 0 radical (unpaired) electrons. The summed E-state index contributed by atoms with van der Waals surface area (Å²) in [4.78, 5) is 20.9. The minimum absolute atomic E-state index is 0.0452. The van der Waals surface area contributed by atoms with Gasteiger partial charge in [0.15, 0.2) is 0 Å². The largest absolute Gasteiger partial charge is 0.384 e. The van der Waals surface area contributed by atoms with Gasteiger partial charge in [-0.05, 0) is 51.8 Å². The Labute approximate surface area is 178 Å². The van der Waals surface area contributed by atoms with Crippen LogP contribution in [-0.4, -0.2) is 53.6 Å². The van der Waals surface area contributed by atoms with Crippen LogP contribution in [0.25, 0.3) is 11.4 Å². The van der Waals surface area contributed by atoms with Crippen molar-refractivity contribution in [2.45, 2.75) is 58.2 Å². The normalized spacial score (nSPS) is 19.6. The van der Waals surface area contributed by atoms with Gasteiger partial charge >= 0.3 is 0 Å². The number of nitrogens with zero attached hydrogens (tertiary/aromatic N) is 6. The third-order valence-electron chi connectivity index (χ3n) is 5.56. The van der Waals surface area contributed by atoms with E-state index in [-0.39, 0.29) is 29.4 Å². The average Bonchev–Trinajstić information content (AvgIpc) is 3.37. The summed E-state index contributed by atoms with van der Waals surface area (Å²) in [6.45, 7) is 7.26. The van der Waals surface area contributed by atoms with E-state index in [1.165, 1.54) is 24.4 Å². The predicted molar refractivity (Wildman–Crippen MR) is 108 cm³/mol. The van der Waals surface area contributed by atoms with Crippen molar-refractivity contribution >= 4 is 5.91 Å². The third kappa shape index (κ3) is 4.20. The van der Waals surface area contributed by atoms with Crippen molar-refractivity contribution in [3.05, 3.63) is 47.4 Å². The van der Waals surface area contributed by atoms with E-state index in [9.17, 15) is 14.3 Å². The molecule has 3 heterocycles. The molecule has 1 fully saturated rings. The summed E-state index contributed by atoms with van der Waals surface area (Å²) in [7, 11) is 0. The van der Waals surface area contributed by atoms with E-state index >= 15 is 0 Å². The molecule has 4 rings (SSSR count). The number of amides is 1. The van der Waals surface area contributed by atoms with Crippen LogP contribution in [0.2, 0.25) is 0 Å². The van der Waals surface area contributed by atoms with Gasteiger partial charge in [0, 0.05) is 25.1 Å². The molecule has 1 aliphatic rings. The predicted octanol–water partition coefficient (Wildman–Crippen LogP) is 2.87. The maximum absolute atomic E-state index is 14.1. The maximum Gasteiger partial charge on any atom is 0.255 e. The van der Waals surface area contributed by atoms with Gasteiger partial charge in [0.25, 0.3) is 5.91 Å². The number of hydrogen-bond acceptors (Lipinski definition) is 7. The number of benzene rings is 1. The molecule has 0 saturated carbocycles. The summed E-state index contributed by atoms with van der Waals surface area (Å²) in [5.74, 6) is -0.233. The Bertz CT molecular complexity index is 1100. The Morgan fingerprint density at radius 3 is 2.74 bits per heavy atom. The molecular weight excluding hydrogens is 403 g/mol. The molecule has 1 aliphatic heterocycles. The Morgan fingerprint density at radius 1 is 1.32 bits per heavy atom. The number of aromatic nitrogens is 5. The van der Waals surface area contributed by atoms with Crippen LogP contribution in [-0.2, 0) is 5.60 Å². The fraction of sp³-hybridized carbons (Fsp3) is 0.476. The van der Waals surface area contributed by atoms with Gasteiger partial charge in [-0.25, -0.2) is 4.39 Å². The van der Waals surface area contributed by atoms with Crippen molar-refractivity contribution in [1.29, 1.82) is 0 Å². The molecule has 9 nitrogen and oxygen atoms in total. The van der Waals surface area contributed by atoms with Crippen molar-refractivity contribution in [1.82, 2.24) is 30.0 Å². The molecule has 0 aliphatic carbocycles. The average molecular weight is 428 g/mol. The highest BCUT2D eigenvalue weighted by molar-refractivity contribution is 6.00. The molecule has 1 N–H and O–H groups in total. The highest BCUT2D eigenvalue weighted by Gasteiger charge is 2.33. The SMILES string of the molecule is Cc1nc(-c2ccc(F)cc2C(=O)N2C[C@H](n3ncc(C(C)(C)O)n3)CC[C@H]2C)no1. The first-order valence-corrected chi connectivity index (χ1v) is 10.2. The number of likely N-dealkylation sites (tertiary alicyclic amines) is 1. The zero-order valence-electron chi connectivity index (χ0n) is 17.9. The first-order chi connectivity index (χ1) is 14.6. The number of hydrogen-bond donors (Lipinski definition) is 1. The van der Waals surface area contributed by atoms with Crippen molar-refractivity contribution in [3.63, 3.8) is 0 Å². The Balaban J connectivity index is 1.63. The minimum Gasteiger partial charge on any atom is -0.384 e. The fourth-order valence-electron chi connectivity index (χ4n) is 3.74. The number of carbonyl (C=O) groups excluding carboxylic acids is 1. The zero-order valence-corrected chi connectivity index (χ0v) is 17.9. The van der Waals surface area contributed by atoms with E-state index in [2.05, 4.69) is 20.3 Å². The van der Waals surface area contributed by atoms with Gasteiger partial charge in [-0.1, -0.05) is 5.16 Å². The second-order valence-electron chi connectivity index (χ2n) is 8.47. The minimum atomic E-state index is -1.10. The van der Waals surface area contributed by atoms with E-state index in [1.807, 2.05) is 6.92 Å². The van der Waals surface area contributed by atoms with E-state index < -0.39 is 11.4 Å². The van der Waals surface area contributed by atoms with Crippen LogP contribution < -0.4 is 0 Å². The van der Waals surface area contributed by atoms with Gasteiger partial charge < -0.3 is 14.5 Å². The van der Waals surface area contributed by atoms with Crippen LogP contribution in [0.4, 0.5) is 4.39 Å². The molecule has 2 aromatic heterocycles. The van der Waals surface area contributed by atoms with E-state index in [4.69, 9.17) is 4.52 Å². The molecule has 164 valence electrons. The first kappa shape index (κ1) is 21.1. The molecule has 31 heavy (non-hydrogen) atoms. The van der Waals surface area contributed by atoms with Gasteiger partial charge in [-0.3, -0.25) is 4.79 Å². The van der Waals surface area contributed by atoms with Crippen LogP contribution in [0.3, 0.4) is 0 Å². The summed E-state index contributed by atoms with van der Waals surface area (Å²) in [6.07, 6.45) is 3.06. The summed E-state index contributed by atoms with van der Waals surface area (Å²) in [5, 5.41) is 22.7. The zero-order chi connectivity index (χ0) is 22.3. The third-order valence-corrected chi connectivity index (χ3v) is 5.56. The van der Waals surface area contributed by atoms with Gasteiger partial charge in [0.05, 0.1) is 17.8 Å². The highest BCUT2D eigenvalue weighted by atomic mass is 19.1. The van der Waals surface area contributed by atoms with Crippen LogP contribution in [0.15, 0.2) is 28.9 Å². The molecule has 2 atom stereocenters. The lowest BCUT2D eigenvalue weighted by atomic mass is 9.97. The van der Waals surface area contributed by atoms with Crippen LogP contribution in [0.1, 0.15) is 61.6 Å². The maximum atomic E-state index is 14.1. The van der Waals surface area contributed by atoms with E-state index in [0.717, 1.165) is 12.8 Å². The van der Waals surface area contributed by atoms with E-state index in [1.54, 1.807) is 30.5 Å². The molecule has 0 spiro atoms. The molecular formula is C21H25FN6O3. The Morgan fingerprint density at radius 2 is 2.10 bits per heavy atom. The summed E-state index contributed by atoms with van der Waals surface area (Å²) in [5.41, 5.74) is -0.0450. The molecule has 0 unspecified atom stereocenters. The Kier molecular flexibility index (Phi) is 5.34. The van der Waals surface area contributed by atoms with Gasteiger partial charge in [0.2, 0.25) is 11.7 Å². The molecule has 10 heteroatoms. The molecule has 1 aromatic carbocycles. The standard InChI is InChI=1S/C21H25FN6O3/c1-12-5-7-15(28-23-10-18(25-28)21(3,4)30)11-27(12)20(29)17-9-14(22)6-8-16(17)19-24-13(2)31-26-19/h6,8-10,12,15,30H,5,7,11H2,1-4H3/t12-,15-/m1/s1. The highest BCUT2D eigenvalue weighted by Crippen LogP contribution is 2.30. The molecule has 3 aromatic rings. The second kappa shape index (κ2) is 7.84. The number of halogens is 1. The smallest absolute Gasteiger partial charge is 0.255 e.